The van der Waals surface area contributed by atoms with Gasteiger partial charge in [-0.2, -0.15) is 0 Å². The van der Waals surface area contributed by atoms with Crippen LogP contribution >= 0.6 is 0 Å². The van der Waals surface area contributed by atoms with Gasteiger partial charge in [-0.05, 0) is 53.2 Å². The second kappa shape index (κ2) is 13.2. The van der Waals surface area contributed by atoms with E-state index in [2.05, 4.69) is 6.58 Å². The first-order valence-corrected chi connectivity index (χ1v) is 12.7. The molecule has 0 aromatic heterocycles. The second-order valence-corrected chi connectivity index (χ2v) is 10.4. The summed E-state index contributed by atoms with van der Waals surface area (Å²) in [5.41, 5.74) is 0. The molecule has 0 amide bonds. The summed E-state index contributed by atoms with van der Waals surface area (Å²) in [5.74, 6) is 0. The average Bonchev–Trinajstić information content (AvgIpc) is 2.54. The van der Waals surface area contributed by atoms with Crippen LogP contribution in [0, 0.1) is 0 Å². The number of rotatable bonds is 16. The maximum atomic E-state index is 5.91. The predicted octanol–water partition coefficient (Wildman–Crippen LogP) is 3.57. The highest BCUT2D eigenvalue weighted by Crippen LogP contribution is 2.27. The third kappa shape index (κ3) is 7.44. The number of hydrogen-bond acceptors (Lipinski definition) is 6. The molecule has 8 heteroatoms. The predicted molar refractivity (Wildman–Crippen MR) is 99.8 cm³/mol. The molecule has 0 N–H and O–H groups in total. The van der Waals surface area contributed by atoms with E-state index in [1.807, 2.05) is 41.5 Å². The standard InChI is InChI=1S/C16H36O6Si2/c1-8-17-23(18-9-2,19-10-3)15-14-16(7)24(20-11-4,21-12-5)22-13-6/h7-15H2,1-6H3. The van der Waals surface area contributed by atoms with Gasteiger partial charge in [-0.25, -0.2) is 0 Å². The van der Waals surface area contributed by atoms with Gasteiger partial charge in [-0.3, -0.25) is 0 Å². The molecule has 0 unspecified atom stereocenters. The largest absolute Gasteiger partial charge is 0.532 e. The maximum Gasteiger partial charge on any atom is 0.532 e. The average molecular weight is 381 g/mol. The third-order valence-electron chi connectivity index (χ3n) is 3.26. The number of hydrogen-bond donors (Lipinski definition) is 0. The summed E-state index contributed by atoms with van der Waals surface area (Å²) in [6.45, 7) is 19.1. The van der Waals surface area contributed by atoms with Gasteiger partial charge in [-0.15, -0.1) is 0 Å². The lowest BCUT2D eigenvalue weighted by atomic mass is 10.5. The van der Waals surface area contributed by atoms with Gasteiger partial charge in [0.25, 0.3) is 0 Å². The van der Waals surface area contributed by atoms with Gasteiger partial charge < -0.3 is 26.6 Å². The molecule has 0 aromatic rings. The first-order valence-electron chi connectivity index (χ1n) is 9.01. The van der Waals surface area contributed by atoms with Crippen LogP contribution < -0.4 is 0 Å². The fourth-order valence-electron chi connectivity index (χ4n) is 2.46. The van der Waals surface area contributed by atoms with Crippen molar-refractivity contribution in [1.29, 1.82) is 0 Å². The summed E-state index contributed by atoms with van der Waals surface area (Å²) in [4.78, 5) is 0. The van der Waals surface area contributed by atoms with Crippen molar-refractivity contribution in [3.8, 4) is 0 Å². The molecule has 0 aliphatic carbocycles. The van der Waals surface area contributed by atoms with Gasteiger partial charge in [0.1, 0.15) is 0 Å². The topological polar surface area (TPSA) is 55.4 Å². The van der Waals surface area contributed by atoms with Crippen molar-refractivity contribution in [3.05, 3.63) is 11.8 Å². The van der Waals surface area contributed by atoms with Crippen LogP contribution in [-0.4, -0.2) is 57.3 Å². The molecule has 0 radical (unpaired) electrons. The molecule has 6 nitrogen and oxygen atoms in total. The van der Waals surface area contributed by atoms with Crippen molar-refractivity contribution < 1.29 is 26.6 Å². The van der Waals surface area contributed by atoms with Crippen molar-refractivity contribution in [2.24, 2.45) is 0 Å². The molecule has 0 spiro atoms. The van der Waals surface area contributed by atoms with E-state index in [4.69, 9.17) is 26.6 Å². The highest BCUT2D eigenvalue weighted by molar-refractivity contribution is 6.69. The minimum Gasteiger partial charge on any atom is -0.374 e. The molecular formula is C16H36O6Si2. The smallest absolute Gasteiger partial charge is 0.374 e. The van der Waals surface area contributed by atoms with Gasteiger partial charge in [0.2, 0.25) is 0 Å². The van der Waals surface area contributed by atoms with Crippen molar-refractivity contribution >= 4 is 17.6 Å². The van der Waals surface area contributed by atoms with Gasteiger partial charge >= 0.3 is 17.6 Å². The van der Waals surface area contributed by atoms with Crippen LogP contribution in [0.3, 0.4) is 0 Å². The molecule has 0 saturated carbocycles. The SMILES string of the molecule is C=C(CC[Si](OCC)(OCC)OCC)[Si](OCC)(OCC)OCC. The Balaban J connectivity index is 5.16. The Labute approximate surface area is 150 Å². The Hall–Kier alpha value is -0.0662. The molecule has 0 bridgehead atoms. The van der Waals surface area contributed by atoms with E-state index in [1.165, 1.54) is 0 Å². The van der Waals surface area contributed by atoms with E-state index in [0.29, 0.717) is 52.1 Å². The lowest BCUT2D eigenvalue weighted by Gasteiger charge is -2.32. The van der Waals surface area contributed by atoms with Crippen LogP contribution in [-0.2, 0) is 26.6 Å². The highest BCUT2D eigenvalue weighted by Gasteiger charge is 2.47. The zero-order valence-electron chi connectivity index (χ0n) is 16.3. The molecular weight excluding hydrogens is 344 g/mol. The molecule has 144 valence electrons. The summed E-state index contributed by atoms with van der Waals surface area (Å²) in [6.07, 6.45) is 0.637. The molecule has 0 saturated heterocycles. The zero-order valence-corrected chi connectivity index (χ0v) is 18.3. The Morgan fingerprint density at radius 3 is 1.25 bits per heavy atom. The minimum atomic E-state index is -2.91. The van der Waals surface area contributed by atoms with Crippen LogP contribution in [0.15, 0.2) is 11.8 Å². The van der Waals surface area contributed by atoms with Crippen LogP contribution in [0.4, 0.5) is 0 Å². The van der Waals surface area contributed by atoms with Gasteiger partial charge in [0, 0.05) is 45.7 Å². The van der Waals surface area contributed by atoms with E-state index in [-0.39, 0.29) is 0 Å². The van der Waals surface area contributed by atoms with Gasteiger partial charge in [0.05, 0.1) is 0 Å². The summed E-state index contributed by atoms with van der Waals surface area (Å²) in [5, 5.41) is 0.851. The second-order valence-electron chi connectivity index (χ2n) is 4.94. The van der Waals surface area contributed by atoms with E-state index >= 15 is 0 Å². The van der Waals surface area contributed by atoms with Crippen molar-refractivity contribution in [2.45, 2.75) is 54.0 Å². The quantitative estimate of drug-likeness (QED) is 0.382. The van der Waals surface area contributed by atoms with Crippen LogP contribution in [0.5, 0.6) is 0 Å². The van der Waals surface area contributed by atoms with Crippen molar-refractivity contribution in [2.75, 3.05) is 39.6 Å². The fourth-order valence-corrected chi connectivity index (χ4v) is 7.75. The fraction of sp³-hybridized carbons (Fsp3) is 0.875. The number of allylic oxidation sites excluding steroid dienone is 1. The molecule has 0 fully saturated rings. The molecule has 0 rings (SSSR count). The lowest BCUT2D eigenvalue weighted by Crippen LogP contribution is -2.50. The molecule has 0 heterocycles. The van der Waals surface area contributed by atoms with Crippen molar-refractivity contribution in [1.82, 2.24) is 0 Å². The van der Waals surface area contributed by atoms with Crippen molar-refractivity contribution in [3.63, 3.8) is 0 Å². The van der Waals surface area contributed by atoms with Gasteiger partial charge in [0.15, 0.2) is 0 Å². The summed E-state index contributed by atoms with van der Waals surface area (Å²) >= 11 is 0. The molecule has 0 aromatic carbocycles. The Morgan fingerprint density at radius 2 is 0.958 bits per heavy atom. The first kappa shape index (κ1) is 23.9. The summed E-state index contributed by atoms with van der Waals surface area (Å²) in [6, 6.07) is 0.642. The van der Waals surface area contributed by atoms with Crippen LogP contribution in [0.1, 0.15) is 48.0 Å². The minimum absolute atomic E-state index is 0.524. The molecule has 0 aliphatic rings. The van der Waals surface area contributed by atoms with Crippen LogP contribution in [0.25, 0.3) is 0 Å². The maximum absolute atomic E-state index is 5.91. The Bertz CT molecular complexity index is 306. The van der Waals surface area contributed by atoms with E-state index in [0.717, 1.165) is 5.20 Å². The third-order valence-corrected chi connectivity index (χ3v) is 9.43. The van der Waals surface area contributed by atoms with E-state index in [9.17, 15) is 0 Å². The Morgan fingerprint density at radius 1 is 0.625 bits per heavy atom. The highest BCUT2D eigenvalue weighted by atomic mass is 28.4. The first-order chi connectivity index (χ1) is 11.5. The van der Waals surface area contributed by atoms with Crippen LogP contribution in [0.2, 0.25) is 6.04 Å². The molecule has 0 aliphatic heterocycles. The van der Waals surface area contributed by atoms with E-state index in [1.54, 1.807) is 0 Å². The summed E-state index contributed by atoms with van der Waals surface area (Å²) in [7, 11) is -5.62. The van der Waals surface area contributed by atoms with Gasteiger partial charge in [-0.1, -0.05) is 6.58 Å². The normalized spacial score (nSPS) is 12.6. The van der Waals surface area contributed by atoms with E-state index < -0.39 is 17.6 Å². The lowest BCUT2D eigenvalue weighted by molar-refractivity contribution is 0.0696. The summed E-state index contributed by atoms with van der Waals surface area (Å²) < 4.78 is 35.4. The zero-order chi connectivity index (χ0) is 18.5. The molecule has 0 atom stereocenters. The molecule has 24 heavy (non-hydrogen) atoms. The monoisotopic (exact) mass is 380 g/mol. The Kier molecular flexibility index (Phi) is 13.1.